The third-order valence-electron chi connectivity index (χ3n) is 4.92. The Kier molecular flexibility index (Phi) is 5.53. The van der Waals surface area contributed by atoms with Gasteiger partial charge >= 0.3 is 5.97 Å². The first-order chi connectivity index (χ1) is 14.0. The van der Waals surface area contributed by atoms with Crippen LogP contribution in [-0.4, -0.2) is 29.7 Å². The molecule has 0 amide bonds. The van der Waals surface area contributed by atoms with Crippen LogP contribution in [0.25, 0.3) is 10.2 Å². The van der Waals surface area contributed by atoms with Crippen molar-refractivity contribution in [3.63, 3.8) is 0 Å². The van der Waals surface area contributed by atoms with Crippen molar-refractivity contribution in [3.8, 4) is 11.5 Å². The van der Waals surface area contributed by atoms with Crippen LogP contribution in [0.5, 0.6) is 11.5 Å². The van der Waals surface area contributed by atoms with Crippen molar-refractivity contribution in [2.45, 2.75) is 39.2 Å². The van der Waals surface area contributed by atoms with E-state index in [1.54, 1.807) is 24.5 Å². The lowest BCUT2D eigenvalue weighted by Gasteiger charge is -2.11. The van der Waals surface area contributed by atoms with Gasteiger partial charge in [0.15, 0.2) is 30.5 Å². The third kappa shape index (κ3) is 4.12. The number of ether oxygens (including phenoxy) is 3. The van der Waals surface area contributed by atoms with Crippen LogP contribution in [0.4, 0.5) is 5.82 Å². The highest BCUT2D eigenvalue weighted by Crippen LogP contribution is 2.37. The Morgan fingerprint density at radius 1 is 1.21 bits per heavy atom. The van der Waals surface area contributed by atoms with E-state index in [9.17, 15) is 4.79 Å². The lowest BCUT2D eigenvalue weighted by molar-refractivity contribution is -0.147. The second-order valence-electron chi connectivity index (χ2n) is 7.02. The number of anilines is 1. The number of rotatable bonds is 6. The molecule has 0 unspecified atom stereocenters. The third-order valence-corrected chi connectivity index (χ3v) is 6.10. The number of benzene rings is 1. The van der Waals surface area contributed by atoms with Gasteiger partial charge in [0.2, 0.25) is 0 Å². The Bertz CT molecular complexity index is 1060. The van der Waals surface area contributed by atoms with E-state index >= 15 is 0 Å². The molecule has 3 aromatic rings. The SMILES string of the molecule is COc1cc(C)ccc1OCC(=O)OCc1nc(N)c2c3c(sc2n1)CCCC3. The van der Waals surface area contributed by atoms with E-state index in [2.05, 4.69) is 9.97 Å². The van der Waals surface area contributed by atoms with Gasteiger partial charge in [-0.1, -0.05) is 6.07 Å². The molecule has 29 heavy (non-hydrogen) atoms. The molecule has 0 atom stereocenters. The molecular weight excluding hydrogens is 390 g/mol. The van der Waals surface area contributed by atoms with Crippen LogP contribution in [0.3, 0.4) is 0 Å². The first kappa shape index (κ1) is 19.4. The zero-order chi connectivity index (χ0) is 20.4. The number of aryl methyl sites for hydroxylation is 3. The Balaban J connectivity index is 1.40. The molecule has 1 aliphatic rings. The monoisotopic (exact) mass is 413 g/mol. The lowest BCUT2D eigenvalue weighted by atomic mass is 9.97. The Morgan fingerprint density at radius 3 is 2.86 bits per heavy atom. The van der Waals surface area contributed by atoms with Gasteiger partial charge in [0.25, 0.3) is 0 Å². The first-order valence-electron chi connectivity index (χ1n) is 9.55. The predicted octanol–water partition coefficient (Wildman–Crippen LogP) is 3.59. The van der Waals surface area contributed by atoms with Crippen molar-refractivity contribution in [2.75, 3.05) is 19.5 Å². The molecule has 0 bridgehead atoms. The fraction of sp³-hybridized carbons (Fsp3) is 0.381. The number of nitrogens with zero attached hydrogens (tertiary/aromatic N) is 2. The minimum Gasteiger partial charge on any atom is -0.493 e. The van der Waals surface area contributed by atoms with E-state index in [0.29, 0.717) is 23.1 Å². The molecule has 0 fully saturated rings. The van der Waals surface area contributed by atoms with E-state index in [1.165, 1.54) is 23.3 Å². The van der Waals surface area contributed by atoms with Crippen molar-refractivity contribution in [3.05, 3.63) is 40.0 Å². The second-order valence-corrected chi connectivity index (χ2v) is 8.10. The minimum absolute atomic E-state index is 0.0457. The molecule has 7 nitrogen and oxygen atoms in total. The Morgan fingerprint density at radius 2 is 2.03 bits per heavy atom. The van der Waals surface area contributed by atoms with Crippen molar-refractivity contribution in [1.82, 2.24) is 9.97 Å². The van der Waals surface area contributed by atoms with Gasteiger partial charge in [-0.3, -0.25) is 0 Å². The van der Waals surface area contributed by atoms with Gasteiger partial charge in [0, 0.05) is 4.88 Å². The summed E-state index contributed by atoms with van der Waals surface area (Å²) >= 11 is 1.66. The van der Waals surface area contributed by atoms with Gasteiger partial charge in [-0.2, -0.15) is 0 Å². The zero-order valence-corrected chi connectivity index (χ0v) is 17.3. The number of thiophene rings is 1. The fourth-order valence-electron chi connectivity index (χ4n) is 3.51. The standard InChI is InChI=1S/C21H23N3O4S/c1-12-7-8-14(15(9-12)26-2)27-11-18(25)28-10-17-23-20(22)19-13-5-3-4-6-16(13)29-21(19)24-17/h7-9H,3-6,10-11H2,1-2H3,(H2,22,23,24). The molecule has 0 spiro atoms. The molecule has 2 N–H and O–H groups in total. The van der Waals surface area contributed by atoms with Gasteiger partial charge < -0.3 is 19.9 Å². The smallest absolute Gasteiger partial charge is 0.344 e. The van der Waals surface area contributed by atoms with E-state index < -0.39 is 5.97 Å². The maximum Gasteiger partial charge on any atom is 0.344 e. The summed E-state index contributed by atoms with van der Waals surface area (Å²) in [7, 11) is 1.56. The number of esters is 1. The van der Waals surface area contributed by atoms with Crippen LogP contribution >= 0.6 is 11.3 Å². The number of carbonyl (C=O) groups excluding carboxylic acids is 1. The molecule has 0 saturated heterocycles. The topological polar surface area (TPSA) is 96.6 Å². The molecule has 0 aliphatic heterocycles. The van der Waals surface area contributed by atoms with Crippen molar-refractivity contribution in [2.24, 2.45) is 0 Å². The van der Waals surface area contributed by atoms with Gasteiger partial charge in [-0.05, 0) is 55.9 Å². The molecule has 152 valence electrons. The molecule has 4 rings (SSSR count). The molecule has 1 aromatic carbocycles. The van der Waals surface area contributed by atoms with Gasteiger partial charge in [-0.15, -0.1) is 11.3 Å². The molecule has 2 aromatic heterocycles. The summed E-state index contributed by atoms with van der Waals surface area (Å²) in [5, 5.41) is 0.967. The summed E-state index contributed by atoms with van der Waals surface area (Å²) in [6.45, 7) is 1.67. The van der Waals surface area contributed by atoms with E-state index in [-0.39, 0.29) is 13.2 Å². The second kappa shape index (κ2) is 8.24. The fourth-order valence-corrected chi connectivity index (χ4v) is 4.80. The first-order valence-corrected chi connectivity index (χ1v) is 10.4. The van der Waals surface area contributed by atoms with Crippen molar-refractivity contribution >= 4 is 33.3 Å². The van der Waals surface area contributed by atoms with Crippen LogP contribution in [0.1, 0.15) is 34.7 Å². The van der Waals surface area contributed by atoms with Crippen LogP contribution in [0.15, 0.2) is 18.2 Å². The largest absolute Gasteiger partial charge is 0.493 e. The highest BCUT2D eigenvalue weighted by Gasteiger charge is 2.20. The average molecular weight is 413 g/mol. The molecule has 1 aliphatic carbocycles. The number of hydrogen-bond donors (Lipinski definition) is 1. The van der Waals surface area contributed by atoms with Crippen molar-refractivity contribution in [1.29, 1.82) is 0 Å². The van der Waals surface area contributed by atoms with Crippen molar-refractivity contribution < 1.29 is 19.0 Å². The van der Waals surface area contributed by atoms with Gasteiger partial charge in [0.05, 0.1) is 12.5 Å². The van der Waals surface area contributed by atoms with Gasteiger partial charge in [-0.25, -0.2) is 14.8 Å². The number of nitrogen functional groups attached to an aromatic ring is 1. The zero-order valence-electron chi connectivity index (χ0n) is 16.5. The summed E-state index contributed by atoms with van der Waals surface area (Å²) in [6, 6.07) is 5.49. The number of carbonyl (C=O) groups is 1. The normalized spacial score (nSPS) is 13.2. The average Bonchev–Trinajstić information content (AvgIpc) is 3.10. The highest BCUT2D eigenvalue weighted by molar-refractivity contribution is 7.19. The summed E-state index contributed by atoms with van der Waals surface area (Å²) in [6.07, 6.45) is 4.46. The van der Waals surface area contributed by atoms with Crippen LogP contribution in [0.2, 0.25) is 0 Å². The predicted molar refractivity (Wildman–Crippen MR) is 111 cm³/mol. The molecular formula is C21H23N3O4S. The Labute approximate surface area is 172 Å². The molecule has 0 radical (unpaired) electrons. The van der Waals surface area contributed by atoms with E-state index in [4.69, 9.17) is 19.9 Å². The quantitative estimate of drug-likeness (QED) is 0.617. The van der Waals surface area contributed by atoms with Gasteiger partial charge in [0.1, 0.15) is 10.6 Å². The summed E-state index contributed by atoms with van der Waals surface area (Å²) in [5.74, 6) is 1.40. The minimum atomic E-state index is -0.514. The Hall–Kier alpha value is -2.87. The maximum absolute atomic E-state index is 12.1. The summed E-state index contributed by atoms with van der Waals surface area (Å²) in [4.78, 5) is 23.2. The lowest BCUT2D eigenvalue weighted by Crippen LogP contribution is -2.16. The van der Waals surface area contributed by atoms with E-state index in [0.717, 1.165) is 28.6 Å². The molecule has 8 heteroatoms. The highest BCUT2D eigenvalue weighted by atomic mass is 32.1. The van der Waals surface area contributed by atoms with Crippen LogP contribution < -0.4 is 15.2 Å². The summed E-state index contributed by atoms with van der Waals surface area (Å²) < 4.78 is 16.1. The number of methoxy groups -OCH3 is 1. The van der Waals surface area contributed by atoms with Crippen LogP contribution in [-0.2, 0) is 29.0 Å². The summed E-state index contributed by atoms with van der Waals surface area (Å²) in [5.41, 5.74) is 8.52. The molecule has 0 saturated carbocycles. The number of nitrogens with two attached hydrogens (primary N) is 1. The number of hydrogen-bond acceptors (Lipinski definition) is 8. The number of aromatic nitrogens is 2. The number of fused-ring (bicyclic) bond motifs is 3. The molecule has 2 heterocycles. The van der Waals surface area contributed by atoms with E-state index in [1.807, 2.05) is 19.1 Å². The maximum atomic E-state index is 12.1. The van der Waals surface area contributed by atoms with Crippen LogP contribution in [0, 0.1) is 6.92 Å².